The van der Waals surface area contributed by atoms with Gasteiger partial charge in [-0.05, 0) is 40.4 Å². The van der Waals surface area contributed by atoms with Crippen molar-refractivity contribution in [1.29, 1.82) is 0 Å². The highest BCUT2D eigenvalue weighted by Crippen LogP contribution is 2.49. The van der Waals surface area contributed by atoms with E-state index < -0.39 is 0 Å². The van der Waals surface area contributed by atoms with E-state index in [1.165, 1.54) is 0 Å². The molecule has 0 atom stereocenters. The van der Waals surface area contributed by atoms with Crippen LogP contribution in [0.1, 0.15) is 18.4 Å². The first kappa shape index (κ1) is 12.4. The molecule has 2 aromatic rings. The monoisotopic (exact) mass is 316 g/mol. The smallest absolute Gasteiger partial charge is 0.235 e. The maximum Gasteiger partial charge on any atom is 0.235 e. The molecular weight excluding hydrogens is 304 g/mol. The largest absolute Gasteiger partial charge is 0.324 e. The molecule has 1 aliphatic rings. The topological polar surface area (TPSA) is 42.0 Å². The summed E-state index contributed by atoms with van der Waals surface area (Å²) < 4.78 is 0.798. The summed E-state index contributed by atoms with van der Waals surface area (Å²) in [4.78, 5) is 16.5. The summed E-state index contributed by atoms with van der Waals surface area (Å²) >= 11 is 3.39. The zero-order valence-corrected chi connectivity index (χ0v) is 11.9. The standard InChI is InChI=1S/C15H13BrN2O/c16-12-10-17-9-6-13(12)18-14(19)15(7-8-15)11-4-2-1-3-5-11/h1-6,9-10H,7-8H2,(H,17,18,19). The van der Waals surface area contributed by atoms with E-state index in [1.54, 1.807) is 18.5 Å². The minimum atomic E-state index is -0.343. The van der Waals surface area contributed by atoms with E-state index in [2.05, 4.69) is 26.2 Å². The second-order valence-corrected chi connectivity index (χ2v) is 5.61. The molecule has 4 heteroatoms. The van der Waals surface area contributed by atoms with Crippen LogP contribution < -0.4 is 5.32 Å². The summed E-state index contributed by atoms with van der Waals surface area (Å²) in [5.41, 5.74) is 1.52. The fraction of sp³-hybridized carbons (Fsp3) is 0.200. The van der Waals surface area contributed by atoms with Crippen molar-refractivity contribution in [3.63, 3.8) is 0 Å². The van der Waals surface area contributed by atoms with Gasteiger partial charge in [-0.15, -0.1) is 0 Å². The van der Waals surface area contributed by atoms with Crippen LogP contribution in [-0.2, 0) is 10.2 Å². The minimum Gasteiger partial charge on any atom is -0.324 e. The number of nitrogens with one attached hydrogen (secondary N) is 1. The number of halogens is 1. The first-order valence-electron chi connectivity index (χ1n) is 6.19. The molecule has 0 unspecified atom stereocenters. The van der Waals surface area contributed by atoms with Crippen LogP contribution in [0.5, 0.6) is 0 Å². The van der Waals surface area contributed by atoms with Crippen LogP contribution >= 0.6 is 15.9 Å². The molecule has 0 spiro atoms. The van der Waals surface area contributed by atoms with E-state index in [9.17, 15) is 4.79 Å². The lowest BCUT2D eigenvalue weighted by molar-refractivity contribution is -0.118. The molecule has 0 aliphatic heterocycles. The normalized spacial score (nSPS) is 15.8. The zero-order valence-electron chi connectivity index (χ0n) is 10.3. The highest BCUT2D eigenvalue weighted by atomic mass is 79.9. The van der Waals surface area contributed by atoms with Gasteiger partial charge < -0.3 is 5.32 Å². The van der Waals surface area contributed by atoms with Crippen molar-refractivity contribution in [2.45, 2.75) is 18.3 Å². The lowest BCUT2D eigenvalue weighted by Gasteiger charge is -2.16. The van der Waals surface area contributed by atoms with Crippen molar-refractivity contribution >= 4 is 27.5 Å². The Labute approximate surface area is 120 Å². The number of benzene rings is 1. The van der Waals surface area contributed by atoms with Crippen molar-refractivity contribution in [3.05, 3.63) is 58.8 Å². The molecule has 1 N–H and O–H groups in total. The van der Waals surface area contributed by atoms with Crippen molar-refractivity contribution in [1.82, 2.24) is 4.98 Å². The summed E-state index contributed by atoms with van der Waals surface area (Å²) in [5.74, 6) is 0.0607. The molecule has 1 aromatic heterocycles. The number of nitrogens with zero attached hydrogens (tertiary/aromatic N) is 1. The second kappa shape index (κ2) is 4.78. The highest BCUT2D eigenvalue weighted by molar-refractivity contribution is 9.10. The Hall–Kier alpha value is -1.68. The Morgan fingerprint density at radius 3 is 2.58 bits per heavy atom. The lowest BCUT2D eigenvalue weighted by Crippen LogP contribution is -2.27. The van der Waals surface area contributed by atoms with E-state index >= 15 is 0 Å². The van der Waals surface area contributed by atoms with Crippen molar-refractivity contribution in [2.75, 3.05) is 5.32 Å². The fourth-order valence-corrected chi connectivity index (χ4v) is 2.60. The Bertz CT molecular complexity index is 609. The molecule has 3 rings (SSSR count). The first-order valence-corrected chi connectivity index (χ1v) is 6.98. The number of aromatic nitrogens is 1. The Morgan fingerprint density at radius 1 is 1.21 bits per heavy atom. The van der Waals surface area contributed by atoms with E-state index in [4.69, 9.17) is 0 Å². The van der Waals surface area contributed by atoms with Crippen molar-refractivity contribution in [2.24, 2.45) is 0 Å². The van der Waals surface area contributed by atoms with E-state index in [0.717, 1.165) is 28.6 Å². The number of rotatable bonds is 3. The van der Waals surface area contributed by atoms with E-state index in [0.29, 0.717) is 0 Å². The average molecular weight is 317 g/mol. The molecule has 96 valence electrons. The van der Waals surface area contributed by atoms with Gasteiger partial charge in [-0.2, -0.15) is 0 Å². The van der Waals surface area contributed by atoms with Gasteiger partial charge in [0, 0.05) is 12.4 Å². The first-order chi connectivity index (χ1) is 9.22. The lowest BCUT2D eigenvalue weighted by atomic mass is 9.95. The van der Waals surface area contributed by atoms with Crippen molar-refractivity contribution < 1.29 is 4.79 Å². The number of anilines is 1. The van der Waals surface area contributed by atoms with Crippen LogP contribution in [0.4, 0.5) is 5.69 Å². The minimum absolute atomic E-state index is 0.0607. The Balaban J connectivity index is 1.84. The van der Waals surface area contributed by atoms with Crippen LogP contribution in [-0.4, -0.2) is 10.9 Å². The summed E-state index contributed by atoms with van der Waals surface area (Å²) in [6.07, 6.45) is 5.16. The zero-order chi connectivity index (χ0) is 13.3. The van der Waals surface area contributed by atoms with Gasteiger partial charge in [0.25, 0.3) is 0 Å². The number of carbonyl (C=O) groups is 1. The number of hydrogen-bond acceptors (Lipinski definition) is 2. The number of pyridine rings is 1. The van der Waals surface area contributed by atoms with Crippen LogP contribution in [0.3, 0.4) is 0 Å². The molecule has 1 aromatic carbocycles. The number of hydrogen-bond donors (Lipinski definition) is 1. The summed E-state index contributed by atoms with van der Waals surface area (Å²) in [5, 5.41) is 2.99. The molecule has 19 heavy (non-hydrogen) atoms. The highest BCUT2D eigenvalue weighted by Gasteiger charge is 2.51. The third-order valence-electron chi connectivity index (χ3n) is 3.53. The van der Waals surface area contributed by atoms with Gasteiger partial charge in [0.15, 0.2) is 0 Å². The van der Waals surface area contributed by atoms with Crippen molar-refractivity contribution in [3.8, 4) is 0 Å². The molecule has 1 amide bonds. The SMILES string of the molecule is O=C(Nc1ccncc1Br)C1(c2ccccc2)CC1. The molecule has 3 nitrogen and oxygen atoms in total. The summed E-state index contributed by atoms with van der Waals surface area (Å²) in [6.45, 7) is 0. The number of amides is 1. The van der Waals surface area contributed by atoms with E-state index in [-0.39, 0.29) is 11.3 Å². The maximum atomic E-state index is 12.5. The third-order valence-corrected chi connectivity index (χ3v) is 4.16. The molecular formula is C15H13BrN2O. The average Bonchev–Trinajstić information content (AvgIpc) is 3.24. The van der Waals surface area contributed by atoms with Crippen LogP contribution in [0.25, 0.3) is 0 Å². The van der Waals surface area contributed by atoms with Crippen LogP contribution in [0.2, 0.25) is 0 Å². The van der Waals surface area contributed by atoms with Gasteiger partial charge in [0.05, 0.1) is 15.6 Å². The molecule has 0 radical (unpaired) electrons. The molecule has 1 heterocycles. The fourth-order valence-electron chi connectivity index (χ4n) is 2.25. The molecule has 1 saturated carbocycles. The Morgan fingerprint density at radius 2 is 1.95 bits per heavy atom. The van der Waals surface area contributed by atoms with Crippen LogP contribution in [0.15, 0.2) is 53.3 Å². The van der Waals surface area contributed by atoms with Gasteiger partial charge in [0.1, 0.15) is 0 Å². The maximum absolute atomic E-state index is 12.5. The number of carbonyl (C=O) groups excluding carboxylic acids is 1. The molecule has 0 saturated heterocycles. The van der Waals surface area contributed by atoms with Gasteiger partial charge >= 0.3 is 0 Å². The van der Waals surface area contributed by atoms with Gasteiger partial charge in [-0.3, -0.25) is 9.78 Å². The van der Waals surface area contributed by atoms with Crippen LogP contribution in [0, 0.1) is 0 Å². The third kappa shape index (κ3) is 2.28. The molecule has 0 bridgehead atoms. The van der Waals surface area contributed by atoms with Gasteiger partial charge in [0.2, 0.25) is 5.91 Å². The predicted octanol–water partition coefficient (Wildman–Crippen LogP) is 3.51. The summed E-state index contributed by atoms with van der Waals surface area (Å²) in [7, 11) is 0. The second-order valence-electron chi connectivity index (χ2n) is 4.76. The quantitative estimate of drug-likeness (QED) is 0.941. The summed E-state index contributed by atoms with van der Waals surface area (Å²) in [6, 6.07) is 11.8. The van der Waals surface area contributed by atoms with Gasteiger partial charge in [-0.1, -0.05) is 30.3 Å². The Kier molecular flexibility index (Phi) is 3.11. The van der Waals surface area contributed by atoms with Gasteiger partial charge in [-0.25, -0.2) is 0 Å². The molecule has 1 fully saturated rings. The predicted molar refractivity (Wildman–Crippen MR) is 77.9 cm³/mol. The molecule has 1 aliphatic carbocycles. The van der Waals surface area contributed by atoms with E-state index in [1.807, 2.05) is 30.3 Å².